The highest BCUT2D eigenvalue weighted by Gasteiger charge is 2.19. The Morgan fingerprint density at radius 3 is 2.45 bits per heavy atom. The average Bonchev–Trinajstić information content (AvgIpc) is 2.42. The van der Waals surface area contributed by atoms with Crippen LogP contribution in [0.4, 0.5) is 5.69 Å². The molecule has 0 aromatic heterocycles. The molecule has 1 rings (SSSR count). The minimum absolute atomic E-state index is 0.217. The van der Waals surface area contributed by atoms with Gasteiger partial charge < -0.3 is 15.7 Å². The van der Waals surface area contributed by atoms with E-state index in [1.54, 1.807) is 24.3 Å². The van der Waals surface area contributed by atoms with Crippen LogP contribution >= 0.6 is 0 Å². The number of hydrogen-bond donors (Lipinski definition) is 3. The molecule has 3 N–H and O–H groups in total. The predicted octanol–water partition coefficient (Wildman–Crippen LogP) is 2.18. The van der Waals surface area contributed by atoms with Gasteiger partial charge in [0, 0.05) is 18.2 Å². The van der Waals surface area contributed by atoms with Crippen molar-refractivity contribution in [2.75, 3.05) is 5.32 Å². The Bertz CT molecular complexity index is 604. The van der Waals surface area contributed by atoms with Crippen LogP contribution in [0.2, 0.25) is 0 Å². The van der Waals surface area contributed by atoms with Gasteiger partial charge in [0.05, 0.1) is 0 Å². The summed E-state index contributed by atoms with van der Waals surface area (Å²) in [5, 5.41) is 14.2. The molecule has 22 heavy (non-hydrogen) atoms. The second-order valence-electron chi connectivity index (χ2n) is 5.14. The number of nitrogens with one attached hydrogen (secondary N) is 2. The first kappa shape index (κ1) is 17.4. The summed E-state index contributed by atoms with van der Waals surface area (Å²) in [7, 11) is 0. The first-order valence-corrected chi connectivity index (χ1v) is 6.84. The molecule has 1 atom stereocenters. The lowest BCUT2D eigenvalue weighted by atomic mass is 10.1. The van der Waals surface area contributed by atoms with E-state index in [0.717, 1.165) is 5.57 Å². The normalized spacial score (nSPS) is 11.2. The van der Waals surface area contributed by atoms with Gasteiger partial charge in [0.1, 0.15) is 6.04 Å². The lowest BCUT2D eigenvalue weighted by molar-refractivity contribution is -0.139. The number of rotatable bonds is 6. The van der Waals surface area contributed by atoms with Gasteiger partial charge in [0.2, 0.25) is 5.91 Å². The molecule has 0 aliphatic heterocycles. The molecule has 0 heterocycles. The van der Waals surface area contributed by atoms with Gasteiger partial charge in [0.25, 0.3) is 5.91 Å². The maximum atomic E-state index is 12.1. The van der Waals surface area contributed by atoms with E-state index >= 15 is 0 Å². The van der Waals surface area contributed by atoms with Crippen LogP contribution < -0.4 is 10.6 Å². The van der Waals surface area contributed by atoms with E-state index in [4.69, 9.17) is 5.11 Å². The number of carbonyl (C=O) groups is 3. The Hall–Kier alpha value is -2.63. The van der Waals surface area contributed by atoms with Crippen molar-refractivity contribution >= 4 is 23.5 Å². The maximum Gasteiger partial charge on any atom is 0.326 e. The van der Waals surface area contributed by atoms with Gasteiger partial charge in [-0.05, 0) is 38.5 Å². The van der Waals surface area contributed by atoms with E-state index in [0.29, 0.717) is 5.69 Å². The maximum absolute atomic E-state index is 12.1. The Labute approximate surface area is 129 Å². The van der Waals surface area contributed by atoms with E-state index in [9.17, 15) is 14.4 Å². The molecule has 6 nitrogen and oxygen atoms in total. The monoisotopic (exact) mass is 304 g/mol. The minimum atomic E-state index is -1.09. The van der Waals surface area contributed by atoms with Crippen LogP contribution in [0, 0.1) is 0 Å². The summed E-state index contributed by atoms with van der Waals surface area (Å²) >= 11 is 0. The smallest absolute Gasteiger partial charge is 0.326 e. The van der Waals surface area contributed by atoms with E-state index in [1.807, 2.05) is 13.8 Å². The summed E-state index contributed by atoms with van der Waals surface area (Å²) in [6, 6.07) is 5.32. The number of allylic oxidation sites excluding steroid dienone is 1. The predicted molar refractivity (Wildman–Crippen MR) is 83.7 cm³/mol. The average molecular weight is 304 g/mol. The largest absolute Gasteiger partial charge is 0.480 e. The summed E-state index contributed by atoms with van der Waals surface area (Å²) < 4.78 is 0. The van der Waals surface area contributed by atoms with Gasteiger partial charge >= 0.3 is 5.97 Å². The highest BCUT2D eigenvalue weighted by molar-refractivity contribution is 5.98. The third-order valence-electron chi connectivity index (χ3n) is 2.81. The molecular formula is C16H20N2O4. The summed E-state index contributed by atoms with van der Waals surface area (Å²) in [6.45, 7) is 5.09. The molecule has 0 saturated carbocycles. The van der Waals surface area contributed by atoms with Crippen molar-refractivity contribution in [3.05, 3.63) is 41.5 Å². The fraction of sp³-hybridized carbons (Fsp3) is 0.312. The third kappa shape index (κ3) is 5.78. The van der Waals surface area contributed by atoms with E-state index < -0.39 is 17.9 Å². The molecule has 0 saturated heterocycles. The molecule has 0 spiro atoms. The van der Waals surface area contributed by atoms with Crippen molar-refractivity contribution in [3.8, 4) is 0 Å². The first-order valence-electron chi connectivity index (χ1n) is 6.84. The van der Waals surface area contributed by atoms with Crippen molar-refractivity contribution < 1.29 is 19.5 Å². The van der Waals surface area contributed by atoms with Crippen LogP contribution in [-0.2, 0) is 9.59 Å². The van der Waals surface area contributed by atoms with E-state index in [2.05, 4.69) is 10.6 Å². The number of carboxylic acid groups (broad SMARTS) is 1. The standard InChI is InChI=1S/C16H20N2O4/c1-10(2)7-8-14(16(21)22)18-15(20)12-5-4-6-13(9-12)17-11(3)19/h4-7,9,14H,8H2,1-3H3,(H,17,19)(H,18,20)(H,21,22)/t14-/m0/s1. The number of anilines is 1. The zero-order valence-electron chi connectivity index (χ0n) is 12.8. The van der Waals surface area contributed by atoms with Gasteiger partial charge in [-0.15, -0.1) is 0 Å². The Kier molecular flexibility index (Phi) is 6.31. The third-order valence-corrected chi connectivity index (χ3v) is 2.81. The molecule has 0 aliphatic rings. The van der Waals surface area contributed by atoms with Crippen LogP contribution in [0.5, 0.6) is 0 Å². The summed E-state index contributed by atoms with van der Waals surface area (Å²) in [4.78, 5) is 34.3. The van der Waals surface area contributed by atoms with Crippen molar-refractivity contribution in [1.82, 2.24) is 5.32 Å². The van der Waals surface area contributed by atoms with E-state index in [-0.39, 0.29) is 17.9 Å². The van der Waals surface area contributed by atoms with Crippen molar-refractivity contribution in [1.29, 1.82) is 0 Å². The van der Waals surface area contributed by atoms with Crippen LogP contribution in [-0.4, -0.2) is 28.9 Å². The summed E-state index contributed by atoms with van der Waals surface area (Å²) in [6.07, 6.45) is 1.97. The lowest BCUT2D eigenvalue weighted by Crippen LogP contribution is -2.40. The SMILES string of the molecule is CC(=O)Nc1cccc(C(=O)N[C@@H](CC=C(C)C)C(=O)O)c1. The Morgan fingerprint density at radius 2 is 1.91 bits per heavy atom. The van der Waals surface area contributed by atoms with Crippen molar-refractivity contribution in [3.63, 3.8) is 0 Å². The van der Waals surface area contributed by atoms with E-state index in [1.165, 1.54) is 13.0 Å². The van der Waals surface area contributed by atoms with Crippen LogP contribution in [0.15, 0.2) is 35.9 Å². The molecule has 2 amide bonds. The molecule has 0 radical (unpaired) electrons. The van der Waals surface area contributed by atoms with Crippen LogP contribution in [0.3, 0.4) is 0 Å². The fourth-order valence-corrected chi connectivity index (χ4v) is 1.76. The Morgan fingerprint density at radius 1 is 1.23 bits per heavy atom. The van der Waals surface area contributed by atoms with Gasteiger partial charge in [-0.3, -0.25) is 9.59 Å². The van der Waals surface area contributed by atoms with Gasteiger partial charge in [-0.2, -0.15) is 0 Å². The molecule has 1 aromatic carbocycles. The second-order valence-corrected chi connectivity index (χ2v) is 5.14. The zero-order valence-corrected chi connectivity index (χ0v) is 12.8. The quantitative estimate of drug-likeness (QED) is 0.702. The summed E-state index contributed by atoms with van der Waals surface area (Å²) in [5.41, 5.74) is 1.75. The summed E-state index contributed by atoms with van der Waals surface area (Å²) in [5.74, 6) is -1.84. The lowest BCUT2D eigenvalue weighted by Gasteiger charge is -2.13. The van der Waals surface area contributed by atoms with Gasteiger partial charge in [-0.25, -0.2) is 4.79 Å². The molecule has 118 valence electrons. The Balaban J connectivity index is 2.83. The van der Waals surface area contributed by atoms with Crippen molar-refractivity contribution in [2.24, 2.45) is 0 Å². The highest BCUT2D eigenvalue weighted by Crippen LogP contribution is 2.11. The molecule has 0 unspecified atom stereocenters. The zero-order chi connectivity index (χ0) is 16.7. The molecule has 6 heteroatoms. The van der Waals surface area contributed by atoms with Crippen LogP contribution in [0.25, 0.3) is 0 Å². The number of amides is 2. The molecule has 0 aliphatic carbocycles. The number of carboxylic acids is 1. The van der Waals surface area contributed by atoms with Gasteiger partial charge in [-0.1, -0.05) is 17.7 Å². The highest BCUT2D eigenvalue weighted by atomic mass is 16.4. The second kappa shape index (κ2) is 7.97. The fourth-order valence-electron chi connectivity index (χ4n) is 1.76. The molecule has 1 aromatic rings. The number of hydrogen-bond acceptors (Lipinski definition) is 3. The molecule has 0 fully saturated rings. The van der Waals surface area contributed by atoms with Crippen LogP contribution in [0.1, 0.15) is 37.6 Å². The van der Waals surface area contributed by atoms with Crippen molar-refractivity contribution in [2.45, 2.75) is 33.2 Å². The number of aliphatic carboxylic acids is 1. The molecule has 0 bridgehead atoms. The number of carbonyl (C=O) groups excluding carboxylic acids is 2. The van der Waals surface area contributed by atoms with Gasteiger partial charge in [0.15, 0.2) is 0 Å². The number of benzene rings is 1. The topological polar surface area (TPSA) is 95.5 Å². The molecular weight excluding hydrogens is 284 g/mol. The first-order chi connectivity index (χ1) is 10.3. The minimum Gasteiger partial charge on any atom is -0.480 e.